The van der Waals surface area contributed by atoms with Gasteiger partial charge in [0.15, 0.2) is 6.04 Å². The van der Waals surface area contributed by atoms with Crippen LogP contribution in [0.2, 0.25) is 0 Å². The molecule has 1 unspecified atom stereocenters. The lowest BCUT2D eigenvalue weighted by Gasteiger charge is -2.29. The van der Waals surface area contributed by atoms with Crippen molar-refractivity contribution < 1.29 is 16.8 Å². The molecule has 1 aliphatic heterocycles. The van der Waals surface area contributed by atoms with E-state index in [1.165, 1.54) is 12.1 Å². The van der Waals surface area contributed by atoms with E-state index in [2.05, 4.69) is 0 Å². The predicted octanol–water partition coefficient (Wildman–Crippen LogP) is 0.701. The summed E-state index contributed by atoms with van der Waals surface area (Å²) in [5.41, 5.74) is 0.725. The predicted molar refractivity (Wildman–Crippen MR) is 71.1 cm³/mol. The second-order valence-corrected chi connectivity index (χ2v) is 9.69. The fourth-order valence-corrected chi connectivity index (χ4v) is 4.24. The average Bonchev–Trinajstić information content (AvgIpc) is 2.35. The summed E-state index contributed by atoms with van der Waals surface area (Å²) in [6, 6.07) is 6.98. The Hall–Kier alpha value is -1.85. The van der Waals surface area contributed by atoms with Gasteiger partial charge in [0.05, 0.1) is 18.0 Å². The first-order valence-corrected chi connectivity index (χ1v) is 9.05. The van der Waals surface area contributed by atoms with Crippen LogP contribution in [-0.2, 0) is 17.9 Å². The minimum Gasteiger partial charge on any atom is -0.236 e. The van der Waals surface area contributed by atoms with Crippen molar-refractivity contribution in [2.24, 2.45) is 0 Å². The molecule has 19 heavy (non-hydrogen) atoms. The molecule has 1 aliphatic rings. The van der Waals surface area contributed by atoms with E-state index in [4.69, 9.17) is 5.26 Å². The lowest BCUT2D eigenvalue weighted by Crippen LogP contribution is -2.43. The third kappa shape index (κ3) is 2.11. The monoisotopic (exact) mass is 298 g/mol. The normalized spacial score (nSPS) is 18.7. The molecule has 0 amide bonds. The molecule has 0 spiro atoms. The number of hydrogen-bond acceptors (Lipinski definition) is 5. The van der Waals surface area contributed by atoms with Gasteiger partial charge in [-0.3, -0.25) is 0 Å². The molecular formula is C11H10N2O4S2. The van der Waals surface area contributed by atoms with Gasteiger partial charge in [-0.25, -0.2) is 12.7 Å². The summed E-state index contributed by atoms with van der Waals surface area (Å²) in [5, 5.41) is 9.01. The molecule has 1 aromatic rings. The maximum absolute atomic E-state index is 12.1. The summed E-state index contributed by atoms with van der Waals surface area (Å²) < 4.78 is 47.7. The first-order valence-electron chi connectivity index (χ1n) is 5.20. The van der Waals surface area contributed by atoms with Gasteiger partial charge in [-0.05, 0) is 17.7 Å². The van der Waals surface area contributed by atoms with Crippen molar-refractivity contribution in [1.29, 1.82) is 5.26 Å². The molecule has 6 nitrogen and oxygen atoms in total. The zero-order valence-electron chi connectivity index (χ0n) is 9.89. The molecule has 0 fully saturated rings. The number of rotatable bonds is 2. The van der Waals surface area contributed by atoms with E-state index in [-0.39, 0.29) is 5.69 Å². The fourth-order valence-electron chi connectivity index (χ4n) is 1.75. The highest BCUT2D eigenvalue weighted by atomic mass is 33.2. The molecule has 8 heteroatoms. The maximum Gasteiger partial charge on any atom is 0.342 e. The highest BCUT2D eigenvalue weighted by Crippen LogP contribution is 2.32. The molecule has 0 N–H and O–H groups in total. The summed E-state index contributed by atoms with van der Waals surface area (Å²) in [5.74, 6) is 0. The Bertz CT molecular complexity index is 788. The van der Waals surface area contributed by atoms with Gasteiger partial charge in [-0.1, -0.05) is 24.3 Å². The lowest BCUT2D eigenvalue weighted by molar-refractivity contribution is 0.582. The van der Waals surface area contributed by atoms with Crippen molar-refractivity contribution in [3.05, 3.63) is 35.9 Å². The van der Waals surface area contributed by atoms with Crippen LogP contribution >= 0.6 is 0 Å². The molecule has 1 atom stereocenters. The van der Waals surface area contributed by atoms with E-state index in [0.717, 1.165) is 0 Å². The summed E-state index contributed by atoms with van der Waals surface area (Å²) in [6.07, 6.45) is 3.56. The summed E-state index contributed by atoms with van der Waals surface area (Å²) >= 11 is 0. The smallest absolute Gasteiger partial charge is 0.236 e. The van der Waals surface area contributed by atoms with Crippen LogP contribution in [0.1, 0.15) is 5.56 Å². The molecule has 0 bridgehead atoms. The van der Waals surface area contributed by atoms with Crippen LogP contribution in [0.15, 0.2) is 30.3 Å². The molecule has 0 saturated heterocycles. The lowest BCUT2D eigenvalue weighted by atomic mass is 10.1. The van der Waals surface area contributed by atoms with Crippen molar-refractivity contribution in [1.82, 2.24) is 0 Å². The van der Waals surface area contributed by atoms with E-state index in [1.54, 1.807) is 30.3 Å². The molecule has 100 valence electrons. The second-order valence-electron chi connectivity index (χ2n) is 3.95. The standard InChI is InChI=1S/C11H10N2O4S2/c1-18(14,15)19(16,17)13-10(8-12)7-6-9-4-2-3-5-11(9)13/h2-7,10H,1H3. The van der Waals surface area contributed by atoms with Gasteiger partial charge in [0.25, 0.3) is 8.87 Å². The fraction of sp³-hybridized carbons (Fsp3) is 0.182. The number of anilines is 1. The third-order valence-corrected chi connectivity index (χ3v) is 7.09. The van der Waals surface area contributed by atoms with Crippen LogP contribution in [0.3, 0.4) is 0 Å². The number of para-hydroxylation sites is 1. The molecule has 1 heterocycles. The Morgan fingerprint density at radius 3 is 2.42 bits per heavy atom. The topological polar surface area (TPSA) is 95.3 Å². The van der Waals surface area contributed by atoms with Crippen LogP contribution in [0.25, 0.3) is 6.08 Å². The van der Waals surface area contributed by atoms with Crippen molar-refractivity contribution >= 4 is 29.7 Å². The largest absolute Gasteiger partial charge is 0.342 e. The Labute approximate surface area is 110 Å². The first-order chi connectivity index (χ1) is 8.79. The first kappa shape index (κ1) is 13.6. The highest BCUT2D eigenvalue weighted by molar-refractivity contribution is 8.67. The quantitative estimate of drug-likeness (QED) is 0.749. The SMILES string of the molecule is CS(=O)(=O)S(=O)(=O)N1c2ccccc2C=CC1C#N. The average molecular weight is 298 g/mol. The number of fused-ring (bicyclic) bond motifs is 1. The van der Waals surface area contributed by atoms with Gasteiger partial charge < -0.3 is 0 Å². The van der Waals surface area contributed by atoms with Crippen molar-refractivity contribution in [3.8, 4) is 6.07 Å². The zero-order valence-corrected chi connectivity index (χ0v) is 11.5. The molecule has 0 aromatic heterocycles. The number of hydrogen-bond donors (Lipinski definition) is 0. The van der Waals surface area contributed by atoms with Crippen LogP contribution < -0.4 is 4.31 Å². The van der Waals surface area contributed by atoms with Gasteiger partial charge >= 0.3 is 9.06 Å². The minimum atomic E-state index is -4.64. The Morgan fingerprint density at radius 1 is 1.21 bits per heavy atom. The van der Waals surface area contributed by atoms with Crippen molar-refractivity contribution in [2.45, 2.75) is 6.04 Å². The summed E-state index contributed by atoms with van der Waals surface area (Å²) in [7, 11) is -9.02. The van der Waals surface area contributed by atoms with Crippen LogP contribution in [0.5, 0.6) is 0 Å². The Kier molecular flexibility index (Phi) is 3.12. The van der Waals surface area contributed by atoms with Gasteiger partial charge in [-0.15, -0.1) is 0 Å². The van der Waals surface area contributed by atoms with Gasteiger partial charge in [0.2, 0.25) is 0 Å². The van der Waals surface area contributed by atoms with E-state index in [0.29, 0.717) is 16.1 Å². The molecule has 1 aromatic carbocycles. The van der Waals surface area contributed by atoms with E-state index in [9.17, 15) is 16.8 Å². The van der Waals surface area contributed by atoms with Crippen molar-refractivity contribution in [2.75, 3.05) is 10.6 Å². The van der Waals surface area contributed by atoms with Crippen LogP contribution in [-0.4, -0.2) is 29.1 Å². The molecular weight excluding hydrogens is 288 g/mol. The van der Waals surface area contributed by atoms with E-state index in [1.807, 2.05) is 0 Å². The molecule has 0 aliphatic carbocycles. The number of benzene rings is 1. The van der Waals surface area contributed by atoms with Gasteiger partial charge in [0, 0.05) is 0 Å². The summed E-state index contributed by atoms with van der Waals surface area (Å²) in [4.78, 5) is 0. The Balaban J connectivity index is 2.74. The van der Waals surface area contributed by atoms with E-state index < -0.39 is 24.0 Å². The second kappa shape index (κ2) is 4.36. The third-order valence-electron chi connectivity index (χ3n) is 2.64. The van der Waals surface area contributed by atoms with E-state index >= 15 is 0 Å². The van der Waals surface area contributed by atoms with Crippen molar-refractivity contribution in [3.63, 3.8) is 0 Å². The van der Waals surface area contributed by atoms with Crippen LogP contribution in [0.4, 0.5) is 5.69 Å². The maximum atomic E-state index is 12.1. The Morgan fingerprint density at radius 2 is 1.84 bits per heavy atom. The zero-order chi connectivity index (χ0) is 14.3. The molecule has 0 radical (unpaired) electrons. The van der Waals surface area contributed by atoms with Gasteiger partial charge in [-0.2, -0.15) is 13.7 Å². The number of nitrogens with zero attached hydrogens (tertiary/aromatic N) is 2. The minimum absolute atomic E-state index is 0.182. The molecule has 0 saturated carbocycles. The highest BCUT2D eigenvalue weighted by Gasteiger charge is 2.39. The van der Waals surface area contributed by atoms with Gasteiger partial charge in [0.1, 0.15) is 0 Å². The van der Waals surface area contributed by atoms with Crippen LogP contribution in [0, 0.1) is 11.3 Å². The summed E-state index contributed by atoms with van der Waals surface area (Å²) in [6.45, 7) is 0. The number of nitriles is 1. The molecule has 2 rings (SSSR count).